The smallest absolute Gasteiger partial charge is 0.246 e. The third-order valence-corrected chi connectivity index (χ3v) is 5.32. The van der Waals surface area contributed by atoms with Crippen LogP contribution in [0.5, 0.6) is 0 Å². The van der Waals surface area contributed by atoms with Gasteiger partial charge in [-0.05, 0) is 30.2 Å². The van der Waals surface area contributed by atoms with Crippen LogP contribution in [-0.4, -0.2) is 16.8 Å². The van der Waals surface area contributed by atoms with E-state index in [1.807, 2.05) is 29.2 Å². The highest BCUT2D eigenvalue weighted by atomic mass is 35.5. The quantitative estimate of drug-likeness (QED) is 0.749. The monoisotopic (exact) mass is 317 g/mol. The first-order valence-electron chi connectivity index (χ1n) is 6.88. The van der Waals surface area contributed by atoms with Crippen LogP contribution in [-0.2, 0) is 11.3 Å². The van der Waals surface area contributed by atoms with Crippen molar-refractivity contribution in [3.8, 4) is 0 Å². The van der Waals surface area contributed by atoms with Crippen molar-refractivity contribution in [3.63, 3.8) is 0 Å². The minimum absolute atomic E-state index is 0.0291. The molecule has 4 heteroatoms. The normalized spacial score (nSPS) is 21.0. The first-order valence-corrected chi connectivity index (χ1v) is 8.07. The van der Waals surface area contributed by atoms with Gasteiger partial charge in [-0.3, -0.25) is 4.79 Å². The maximum absolute atomic E-state index is 12.2. The van der Waals surface area contributed by atoms with Crippen LogP contribution in [0.3, 0.4) is 0 Å². The molecule has 0 bridgehead atoms. The van der Waals surface area contributed by atoms with Crippen LogP contribution < -0.4 is 0 Å². The lowest BCUT2D eigenvalue weighted by Crippen LogP contribution is -2.44. The van der Waals surface area contributed by atoms with Crippen LogP contribution in [0.15, 0.2) is 49.1 Å². The van der Waals surface area contributed by atoms with Gasteiger partial charge in [-0.15, -0.1) is 11.3 Å². The van der Waals surface area contributed by atoms with E-state index < -0.39 is 0 Å². The third-order valence-electron chi connectivity index (χ3n) is 4.05. The summed E-state index contributed by atoms with van der Waals surface area (Å²) in [5, 5.41) is 0. The predicted octanol–water partition coefficient (Wildman–Crippen LogP) is 4.45. The number of benzene rings is 1. The average Bonchev–Trinajstić information content (AvgIpc) is 2.86. The Kier molecular flexibility index (Phi) is 3.87. The van der Waals surface area contributed by atoms with Gasteiger partial charge in [-0.25, -0.2) is 0 Å². The molecule has 1 aromatic carbocycles. The zero-order valence-electron chi connectivity index (χ0n) is 11.8. The molecule has 1 aliphatic rings. The summed E-state index contributed by atoms with van der Waals surface area (Å²) in [5.74, 6) is 0.126. The zero-order valence-corrected chi connectivity index (χ0v) is 13.3. The SMILES string of the molecule is C=CC(=O)N1Cc2sc(Cl)cc2C(c2ccccc2)C1C. The van der Waals surface area contributed by atoms with Crippen LogP contribution >= 0.6 is 22.9 Å². The van der Waals surface area contributed by atoms with Crippen molar-refractivity contribution in [1.82, 2.24) is 4.90 Å². The number of hydrogen-bond acceptors (Lipinski definition) is 2. The topological polar surface area (TPSA) is 20.3 Å². The van der Waals surface area contributed by atoms with Gasteiger partial charge in [-0.1, -0.05) is 48.5 Å². The van der Waals surface area contributed by atoms with Crippen molar-refractivity contribution in [1.29, 1.82) is 0 Å². The molecular weight excluding hydrogens is 302 g/mol. The molecule has 2 heterocycles. The highest BCUT2D eigenvalue weighted by Gasteiger charge is 2.36. The minimum Gasteiger partial charge on any atom is -0.330 e. The largest absolute Gasteiger partial charge is 0.330 e. The number of rotatable bonds is 2. The number of thiophene rings is 1. The number of nitrogens with zero attached hydrogens (tertiary/aromatic N) is 1. The Morgan fingerprint density at radius 1 is 1.43 bits per heavy atom. The second-order valence-electron chi connectivity index (χ2n) is 5.23. The summed E-state index contributed by atoms with van der Waals surface area (Å²) >= 11 is 7.77. The van der Waals surface area contributed by atoms with Gasteiger partial charge in [0.2, 0.25) is 5.91 Å². The molecule has 2 nitrogen and oxygen atoms in total. The highest BCUT2D eigenvalue weighted by Crippen LogP contribution is 2.43. The number of hydrogen-bond donors (Lipinski definition) is 0. The van der Waals surface area contributed by atoms with Gasteiger partial charge in [0.25, 0.3) is 0 Å². The van der Waals surface area contributed by atoms with Gasteiger partial charge in [0.1, 0.15) is 0 Å². The Bertz CT molecular complexity index is 679. The summed E-state index contributed by atoms with van der Waals surface area (Å²) in [5.41, 5.74) is 2.46. The fourth-order valence-electron chi connectivity index (χ4n) is 3.05. The lowest BCUT2D eigenvalue weighted by Gasteiger charge is -2.39. The van der Waals surface area contributed by atoms with Crippen molar-refractivity contribution in [3.05, 3.63) is 69.4 Å². The summed E-state index contributed by atoms with van der Waals surface area (Å²) in [4.78, 5) is 15.2. The lowest BCUT2D eigenvalue weighted by atomic mass is 9.82. The molecule has 0 saturated carbocycles. The standard InChI is InChI=1S/C17H16ClNOS/c1-3-16(20)19-10-14-13(9-15(18)21-14)17(11(19)2)12-7-5-4-6-8-12/h3-9,11,17H,1,10H2,2H3. The molecule has 2 aromatic rings. The van der Waals surface area contributed by atoms with E-state index in [-0.39, 0.29) is 17.9 Å². The Morgan fingerprint density at radius 3 is 2.81 bits per heavy atom. The highest BCUT2D eigenvalue weighted by molar-refractivity contribution is 7.16. The second kappa shape index (κ2) is 5.66. The molecule has 2 unspecified atom stereocenters. The van der Waals surface area contributed by atoms with Crippen LogP contribution in [0.25, 0.3) is 0 Å². The van der Waals surface area contributed by atoms with E-state index in [9.17, 15) is 4.79 Å². The van der Waals surface area contributed by atoms with Crippen molar-refractivity contribution >= 4 is 28.8 Å². The molecule has 3 rings (SSSR count). The zero-order chi connectivity index (χ0) is 15.0. The molecule has 21 heavy (non-hydrogen) atoms. The van der Waals surface area contributed by atoms with E-state index >= 15 is 0 Å². The number of fused-ring (bicyclic) bond motifs is 1. The van der Waals surface area contributed by atoms with Crippen molar-refractivity contribution in [2.24, 2.45) is 0 Å². The molecule has 2 atom stereocenters. The molecule has 0 aliphatic carbocycles. The Labute approximate surface area is 133 Å². The summed E-state index contributed by atoms with van der Waals surface area (Å²) in [7, 11) is 0. The number of halogens is 1. The van der Waals surface area contributed by atoms with Crippen LogP contribution in [0, 0.1) is 0 Å². The van der Waals surface area contributed by atoms with Gasteiger partial charge < -0.3 is 4.90 Å². The third kappa shape index (κ3) is 2.52. The fourth-order valence-corrected chi connectivity index (χ4v) is 4.37. The van der Waals surface area contributed by atoms with Crippen molar-refractivity contribution in [2.75, 3.05) is 0 Å². The maximum atomic E-state index is 12.2. The Morgan fingerprint density at radius 2 is 2.14 bits per heavy atom. The Balaban J connectivity index is 2.11. The van der Waals surface area contributed by atoms with Gasteiger partial charge >= 0.3 is 0 Å². The van der Waals surface area contributed by atoms with Crippen molar-refractivity contribution in [2.45, 2.75) is 25.4 Å². The van der Waals surface area contributed by atoms with Gasteiger partial charge in [0, 0.05) is 16.8 Å². The molecule has 108 valence electrons. The van der Waals surface area contributed by atoms with E-state index in [1.54, 1.807) is 11.3 Å². The number of carbonyl (C=O) groups excluding carboxylic acids is 1. The summed E-state index contributed by atoms with van der Waals surface area (Å²) in [6.07, 6.45) is 1.39. The van der Waals surface area contributed by atoms with E-state index in [2.05, 4.69) is 25.6 Å². The molecular formula is C17H16ClNOS. The van der Waals surface area contributed by atoms with E-state index in [0.717, 1.165) is 4.34 Å². The van der Waals surface area contributed by atoms with Crippen LogP contribution in [0.2, 0.25) is 4.34 Å². The summed E-state index contributed by atoms with van der Waals surface area (Å²) in [6, 6.07) is 12.4. The molecule has 1 aliphatic heterocycles. The van der Waals surface area contributed by atoms with Gasteiger partial charge in [0.05, 0.1) is 10.9 Å². The molecule has 0 spiro atoms. The first-order chi connectivity index (χ1) is 10.1. The minimum atomic E-state index is -0.0291. The van der Waals surface area contributed by atoms with Crippen molar-refractivity contribution < 1.29 is 4.79 Å². The fraction of sp³-hybridized carbons (Fsp3) is 0.235. The molecule has 0 N–H and O–H groups in total. The first kappa shape index (κ1) is 14.4. The summed E-state index contributed by atoms with van der Waals surface area (Å²) in [6.45, 7) is 6.32. The molecule has 0 radical (unpaired) electrons. The van der Waals surface area contributed by atoms with E-state index in [1.165, 1.54) is 22.1 Å². The maximum Gasteiger partial charge on any atom is 0.246 e. The molecule has 0 fully saturated rings. The average molecular weight is 318 g/mol. The molecule has 1 aromatic heterocycles. The van der Waals surface area contributed by atoms with Gasteiger partial charge in [-0.2, -0.15) is 0 Å². The number of amides is 1. The molecule has 0 saturated heterocycles. The predicted molar refractivity (Wildman–Crippen MR) is 87.8 cm³/mol. The molecule has 1 amide bonds. The van der Waals surface area contributed by atoms with E-state index in [0.29, 0.717) is 6.54 Å². The second-order valence-corrected chi connectivity index (χ2v) is 7.00. The van der Waals surface area contributed by atoms with Crippen LogP contribution in [0.4, 0.5) is 0 Å². The van der Waals surface area contributed by atoms with Gasteiger partial charge in [0.15, 0.2) is 0 Å². The number of carbonyl (C=O) groups is 1. The Hall–Kier alpha value is -1.58. The summed E-state index contributed by atoms with van der Waals surface area (Å²) < 4.78 is 0.779. The lowest BCUT2D eigenvalue weighted by molar-refractivity contribution is -0.129. The van der Waals surface area contributed by atoms with E-state index in [4.69, 9.17) is 11.6 Å². The van der Waals surface area contributed by atoms with Crippen LogP contribution in [0.1, 0.15) is 28.8 Å².